The number of carboxylic acid groups (broad SMARTS) is 2. The Labute approximate surface area is 232 Å². The van der Waals surface area contributed by atoms with Crippen LogP contribution < -0.4 is 26.4 Å². The van der Waals surface area contributed by atoms with E-state index in [1.807, 2.05) is 31.2 Å². The van der Waals surface area contributed by atoms with Gasteiger partial charge in [0.25, 0.3) is 0 Å². The molecule has 2 aromatic rings. The predicted octanol–water partition coefficient (Wildman–Crippen LogP) is 1.53. The number of anilines is 1. The maximum Gasteiger partial charge on any atom is 0.326 e. The number of rotatable bonds is 16. The number of hydrogen-bond donors (Lipinski definition) is 7. The number of hydrogen-bond acceptors (Lipinski definition) is 7. The molecule has 0 aliphatic carbocycles. The summed E-state index contributed by atoms with van der Waals surface area (Å²) in [6.45, 7) is 3.34. The van der Waals surface area contributed by atoms with Gasteiger partial charge in [0.05, 0.1) is 4.90 Å². The molecule has 0 aliphatic rings. The largest absolute Gasteiger partial charge is 0.481 e. The normalized spacial score (nSPS) is 12.7. The van der Waals surface area contributed by atoms with Crippen LogP contribution in [-0.4, -0.2) is 61.1 Å². The van der Waals surface area contributed by atoms with E-state index in [0.29, 0.717) is 25.9 Å². The van der Waals surface area contributed by atoms with Crippen LogP contribution >= 0.6 is 0 Å². The number of aryl methyl sites for hydroxylation is 1. The number of benzene rings is 2. The number of sulfonamides is 1. The van der Waals surface area contributed by atoms with Crippen LogP contribution in [-0.2, 0) is 31.0 Å². The van der Waals surface area contributed by atoms with Gasteiger partial charge >= 0.3 is 18.0 Å². The topological polar surface area (TPSA) is 217 Å². The van der Waals surface area contributed by atoms with Gasteiger partial charge in [0, 0.05) is 18.7 Å². The molecule has 0 saturated heterocycles. The van der Waals surface area contributed by atoms with Gasteiger partial charge < -0.3 is 31.5 Å². The number of urea groups is 1. The first-order valence-electron chi connectivity index (χ1n) is 12.6. The van der Waals surface area contributed by atoms with Gasteiger partial charge in [-0.2, -0.15) is 0 Å². The fraction of sp³-hybridized carbons (Fsp3) is 0.385. The lowest BCUT2D eigenvalue weighted by Crippen LogP contribution is -2.52. The quantitative estimate of drug-likeness (QED) is 0.144. The first-order chi connectivity index (χ1) is 18.8. The summed E-state index contributed by atoms with van der Waals surface area (Å²) < 4.78 is 22.8. The molecule has 0 saturated carbocycles. The molecule has 8 N–H and O–H groups in total. The number of nitrogens with one attached hydrogen (secondary N) is 4. The van der Waals surface area contributed by atoms with Crippen molar-refractivity contribution in [2.24, 2.45) is 5.14 Å². The number of aliphatic carboxylic acids is 2. The highest BCUT2D eigenvalue weighted by Crippen LogP contribution is 2.14. The number of primary sulfonamides is 1. The molecule has 14 heteroatoms. The molecule has 3 amide bonds. The van der Waals surface area contributed by atoms with E-state index in [9.17, 15) is 32.7 Å². The van der Waals surface area contributed by atoms with Gasteiger partial charge in [-0.25, -0.2) is 23.1 Å². The van der Waals surface area contributed by atoms with E-state index in [2.05, 4.69) is 21.3 Å². The molecule has 13 nitrogen and oxygen atoms in total. The minimum absolute atomic E-state index is 0.150. The smallest absolute Gasteiger partial charge is 0.326 e. The van der Waals surface area contributed by atoms with Crippen LogP contribution in [0.2, 0.25) is 0 Å². The van der Waals surface area contributed by atoms with Gasteiger partial charge in [0.1, 0.15) is 12.1 Å². The molecule has 0 spiro atoms. The van der Waals surface area contributed by atoms with Crippen LogP contribution in [0.5, 0.6) is 0 Å². The maximum absolute atomic E-state index is 12.7. The predicted molar refractivity (Wildman–Crippen MR) is 147 cm³/mol. The lowest BCUT2D eigenvalue weighted by molar-refractivity contribution is -0.139. The average molecular weight is 578 g/mol. The standard InChI is InChI=1S/C26H35N5O8S/c1-17-5-7-18(8-6-17)16-28-15-3-2-4-22(25(35)36)31-26(37)30-21(13-14-23(32)33)24(34)29-19-9-11-20(12-10-19)40(27,38)39/h5-12,21-22,28H,2-4,13-16H2,1H3,(H,29,34)(H,32,33)(H,35,36)(H2,27,38,39)(H2,30,31,37). The van der Waals surface area contributed by atoms with E-state index in [4.69, 9.17) is 10.2 Å². The fourth-order valence-corrected chi connectivity index (χ4v) is 4.16. The molecule has 2 aromatic carbocycles. The van der Waals surface area contributed by atoms with Crippen molar-refractivity contribution in [1.29, 1.82) is 0 Å². The summed E-state index contributed by atoms with van der Waals surface area (Å²) in [5, 5.41) is 34.0. The zero-order valence-corrected chi connectivity index (χ0v) is 22.9. The van der Waals surface area contributed by atoms with Crippen LogP contribution in [0.4, 0.5) is 10.5 Å². The van der Waals surface area contributed by atoms with Crippen molar-refractivity contribution in [2.75, 3.05) is 11.9 Å². The Morgan fingerprint density at radius 1 is 0.875 bits per heavy atom. The molecule has 2 atom stereocenters. The van der Waals surface area contributed by atoms with Crippen molar-refractivity contribution in [3.05, 3.63) is 59.7 Å². The molecule has 0 aliphatic heterocycles. The Bertz CT molecular complexity index is 1270. The average Bonchev–Trinajstić information content (AvgIpc) is 2.88. The third kappa shape index (κ3) is 11.8. The van der Waals surface area contributed by atoms with E-state index >= 15 is 0 Å². The van der Waals surface area contributed by atoms with Gasteiger partial charge in [0.15, 0.2) is 0 Å². The number of carboxylic acids is 2. The fourth-order valence-electron chi connectivity index (χ4n) is 3.65. The third-order valence-corrected chi connectivity index (χ3v) is 6.80. The summed E-state index contributed by atoms with van der Waals surface area (Å²) in [5.41, 5.74) is 2.49. The molecule has 0 fully saturated rings. The van der Waals surface area contributed by atoms with Gasteiger partial charge in [-0.15, -0.1) is 0 Å². The summed E-state index contributed by atoms with van der Waals surface area (Å²) in [7, 11) is -3.94. The van der Waals surface area contributed by atoms with Crippen LogP contribution in [0.3, 0.4) is 0 Å². The Morgan fingerprint density at radius 3 is 2.08 bits per heavy atom. The highest BCUT2D eigenvalue weighted by atomic mass is 32.2. The van der Waals surface area contributed by atoms with Crippen molar-refractivity contribution in [2.45, 2.75) is 62.6 Å². The summed E-state index contributed by atoms with van der Waals surface area (Å²) in [4.78, 5) is 47.8. The molecule has 0 aromatic heterocycles. The Hall–Kier alpha value is -4.01. The maximum atomic E-state index is 12.7. The summed E-state index contributed by atoms with van der Waals surface area (Å²) >= 11 is 0. The Kier molecular flexibility index (Phi) is 12.5. The first-order valence-corrected chi connectivity index (χ1v) is 14.1. The van der Waals surface area contributed by atoms with E-state index in [-0.39, 0.29) is 23.4 Å². The second-order valence-corrected chi connectivity index (χ2v) is 10.8. The van der Waals surface area contributed by atoms with E-state index in [1.54, 1.807) is 0 Å². The monoisotopic (exact) mass is 577 g/mol. The van der Waals surface area contributed by atoms with Crippen molar-refractivity contribution in [3.8, 4) is 0 Å². The first kappa shape index (κ1) is 32.2. The van der Waals surface area contributed by atoms with Crippen LogP contribution in [0.15, 0.2) is 53.4 Å². The molecule has 218 valence electrons. The molecule has 0 heterocycles. The van der Waals surface area contributed by atoms with Crippen LogP contribution in [0.1, 0.15) is 43.2 Å². The summed E-state index contributed by atoms with van der Waals surface area (Å²) in [5.74, 6) is -3.22. The molecule has 40 heavy (non-hydrogen) atoms. The van der Waals surface area contributed by atoms with E-state index < -0.39 is 52.4 Å². The van der Waals surface area contributed by atoms with Gasteiger partial charge in [-0.1, -0.05) is 29.8 Å². The zero-order chi connectivity index (χ0) is 29.7. The van der Waals surface area contributed by atoms with Crippen molar-refractivity contribution < 1.29 is 37.8 Å². The Morgan fingerprint density at radius 2 is 1.50 bits per heavy atom. The Balaban J connectivity index is 1.87. The van der Waals surface area contributed by atoms with Crippen LogP contribution in [0, 0.1) is 6.92 Å². The molecule has 0 radical (unpaired) electrons. The highest BCUT2D eigenvalue weighted by molar-refractivity contribution is 7.89. The number of unbranched alkanes of at least 4 members (excludes halogenated alkanes) is 1. The molecule has 2 unspecified atom stereocenters. The van der Waals surface area contributed by atoms with Gasteiger partial charge in [0.2, 0.25) is 15.9 Å². The minimum Gasteiger partial charge on any atom is -0.481 e. The van der Waals surface area contributed by atoms with E-state index in [0.717, 1.165) is 5.56 Å². The van der Waals surface area contributed by atoms with Gasteiger partial charge in [-0.3, -0.25) is 9.59 Å². The minimum atomic E-state index is -3.94. The lowest BCUT2D eigenvalue weighted by atomic mass is 10.1. The zero-order valence-electron chi connectivity index (χ0n) is 22.1. The lowest BCUT2D eigenvalue weighted by Gasteiger charge is -2.20. The van der Waals surface area contributed by atoms with Crippen molar-refractivity contribution in [3.63, 3.8) is 0 Å². The van der Waals surface area contributed by atoms with E-state index in [1.165, 1.54) is 29.8 Å². The number of carbonyl (C=O) groups excluding carboxylic acids is 2. The second kappa shape index (κ2) is 15.5. The third-order valence-electron chi connectivity index (χ3n) is 5.87. The molecule has 2 rings (SSSR count). The number of amides is 3. The van der Waals surface area contributed by atoms with Crippen molar-refractivity contribution >= 4 is 39.6 Å². The van der Waals surface area contributed by atoms with Crippen LogP contribution in [0.25, 0.3) is 0 Å². The van der Waals surface area contributed by atoms with Crippen molar-refractivity contribution in [1.82, 2.24) is 16.0 Å². The summed E-state index contributed by atoms with van der Waals surface area (Å²) in [6.07, 6.45) is 0.620. The highest BCUT2D eigenvalue weighted by Gasteiger charge is 2.25. The molecular formula is C26H35N5O8S. The second-order valence-electron chi connectivity index (χ2n) is 9.21. The summed E-state index contributed by atoms with van der Waals surface area (Å²) in [6, 6.07) is 9.53. The molecular weight excluding hydrogens is 542 g/mol. The number of nitrogens with two attached hydrogens (primary N) is 1. The van der Waals surface area contributed by atoms with Gasteiger partial charge in [-0.05, 0) is 69.0 Å². The SMILES string of the molecule is Cc1ccc(CNCCCCC(NC(=O)NC(CCC(=O)O)C(=O)Nc2ccc(S(N)(=O)=O)cc2)C(=O)O)cc1. The number of carbonyl (C=O) groups is 4. The molecule has 0 bridgehead atoms.